The van der Waals surface area contributed by atoms with Crippen molar-refractivity contribution in [3.63, 3.8) is 0 Å². The lowest BCUT2D eigenvalue weighted by Gasteiger charge is -2.15. The Labute approximate surface area is 106 Å². The van der Waals surface area contributed by atoms with Gasteiger partial charge in [0.15, 0.2) is 0 Å². The van der Waals surface area contributed by atoms with E-state index in [9.17, 15) is 4.79 Å². The zero-order valence-corrected chi connectivity index (χ0v) is 11.2. The molecule has 0 saturated heterocycles. The normalized spacial score (nSPS) is 22.6. The molecule has 0 bridgehead atoms. The SMILES string of the molecule is O=COC1CCCCCCCCCCCCC1. The fourth-order valence-corrected chi connectivity index (χ4v) is 2.69. The van der Waals surface area contributed by atoms with Crippen LogP contribution in [0.4, 0.5) is 0 Å². The van der Waals surface area contributed by atoms with Crippen molar-refractivity contribution in [1.29, 1.82) is 0 Å². The topological polar surface area (TPSA) is 26.3 Å². The Morgan fingerprint density at radius 2 is 1.00 bits per heavy atom. The van der Waals surface area contributed by atoms with Crippen LogP contribution in [0.3, 0.4) is 0 Å². The summed E-state index contributed by atoms with van der Waals surface area (Å²) in [4.78, 5) is 10.4. The first-order chi connectivity index (χ1) is 8.43. The molecular formula is C15H28O2. The van der Waals surface area contributed by atoms with Gasteiger partial charge in [-0.3, -0.25) is 4.79 Å². The summed E-state index contributed by atoms with van der Waals surface area (Å²) in [7, 11) is 0. The van der Waals surface area contributed by atoms with Gasteiger partial charge in [0.05, 0.1) is 0 Å². The molecule has 1 saturated carbocycles. The monoisotopic (exact) mass is 240 g/mol. The fourth-order valence-electron chi connectivity index (χ4n) is 2.69. The molecule has 0 radical (unpaired) electrons. The Balaban J connectivity index is 2.21. The van der Waals surface area contributed by atoms with Crippen LogP contribution in [-0.4, -0.2) is 12.6 Å². The minimum Gasteiger partial charge on any atom is -0.465 e. The van der Waals surface area contributed by atoms with Gasteiger partial charge in [0, 0.05) is 0 Å². The Morgan fingerprint density at radius 1 is 0.647 bits per heavy atom. The first-order valence-corrected chi connectivity index (χ1v) is 7.52. The van der Waals surface area contributed by atoms with Crippen molar-refractivity contribution in [2.24, 2.45) is 0 Å². The van der Waals surface area contributed by atoms with E-state index in [1.165, 1.54) is 70.6 Å². The molecule has 1 aliphatic rings. The molecule has 100 valence electrons. The molecule has 0 unspecified atom stereocenters. The predicted molar refractivity (Wildman–Crippen MR) is 71.0 cm³/mol. The van der Waals surface area contributed by atoms with E-state index in [1.54, 1.807) is 0 Å². The highest BCUT2D eigenvalue weighted by Crippen LogP contribution is 2.18. The zero-order valence-electron chi connectivity index (χ0n) is 11.2. The van der Waals surface area contributed by atoms with Crippen molar-refractivity contribution in [3.8, 4) is 0 Å². The molecular weight excluding hydrogens is 212 g/mol. The summed E-state index contributed by atoms with van der Waals surface area (Å²) in [5.74, 6) is 0. The second kappa shape index (κ2) is 10.6. The van der Waals surface area contributed by atoms with Crippen molar-refractivity contribution in [3.05, 3.63) is 0 Å². The molecule has 1 aliphatic carbocycles. The molecule has 0 aromatic rings. The predicted octanol–water partition coefficient (Wildman–Crippen LogP) is 4.61. The summed E-state index contributed by atoms with van der Waals surface area (Å²) in [5, 5.41) is 0. The van der Waals surface area contributed by atoms with Gasteiger partial charge in [-0.25, -0.2) is 0 Å². The Kier molecular flexibility index (Phi) is 9.07. The smallest absolute Gasteiger partial charge is 0.293 e. The maximum atomic E-state index is 10.4. The van der Waals surface area contributed by atoms with Crippen LogP contribution < -0.4 is 0 Å². The molecule has 0 aliphatic heterocycles. The summed E-state index contributed by atoms with van der Waals surface area (Å²) in [6.07, 6.45) is 17.1. The number of carbonyl (C=O) groups is 1. The highest BCUT2D eigenvalue weighted by atomic mass is 16.5. The third-order valence-electron chi connectivity index (χ3n) is 3.80. The average molecular weight is 240 g/mol. The van der Waals surface area contributed by atoms with E-state index < -0.39 is 0 Å². The highest BCUT2D eigenvalue weighted by molar-refractivity contribution is 5.37. The lowest BCUT2D eigenvalue weighted by Crippen LogP contribution is -2.12. The van der Waals surface area contributed by atoms with Crippen LogP contribution in [0.15, 0.2) is 0 Å². The van der Waals surface area contributed by atoms with Crippen molar-refractivity contribution in [2.75, 3.05) is 0 Å². The van der Waals surface area contributed by atoms with Gasteiger partial charge in [-0.05, 0) is 25.7 Å². The van der Waals surface area contributed by atoms with Gasteiger partial charge in [-0.2, -0.15) is 0 Å². The van der Waals surface area contributed by atoms with Crippen LogP contribution in [0, 0.1) is 0 Å². The van der Waals surface area contributed by atoms with Crippen LogP contribution in [0.5, 0.6) is 0 Å². The van der Waals surface area contributed by atoms with Crippen LogP contribution in [-0.2, 0) is 9.53 Å². The molecule has 1 rings (SSSR count). The summed E-state index contributed by atoms with van der Waals surface area (Å²) < 4.78 is 5.16. The lowest BCUT2D eigenvalue weighted by molar-refractivity contribution is -0.134. The second-order valence-corrected chi connectivity index (χ2v) is 5.32. The third-order valence-corrected chi connectivity index (χ3v) is 3.80. The maximum Gasteiger partial charge on any atom is 0.293 e. The van der Waals surface area contributed by atoms with Crippen LogP contribution >= 0.6 is 0 Å². The number of ether oxygens (including phenoxy) is 1. The molecule has 0 heterocycles. The van der Waals surface area contributed by atoms with Crippen molar-refractivity contribution < 1.29 is 9.53 Å². The van der Waals surface area contributed by atoms with E-state index in [0.717, 1.165) is 12.8 Å². The van der Waals surface area contributed by atoms with E-state index in [1.807, 2.05) is 0 Å². The highest BCUT2D eigenvalue weighted by Gasteiger charge is 2.09. The summed E-state index contributed by atoms with van der Waals surface area (Å²) in [6, 6.07) is 0. The molecule has 0 amide bonds. The van der Waals surface area contributed by atoms with Gasteiger partial charge >= 0.3 is 0 Å². The van der Waals surface area contributed by atoms with Gasteiger partial charge < -0.3 is 4.74 Å². The van der Waals surface area contributed by atoms with Gasteiger partial charge in [-0.15, -0.1) is 0 Å². The number of hydrogen-bond donors (Lipinski definition) is 0. The van der Waals surface area contributed by atoms with Crippen molar-refractivity contribution >= 4 is 6.47 Å². The van der Waals surface area contributed by atoms with E-state index in [-0.39, 0.29) is 6.10 Å². The van der Waals surface area contributed by atoms with Gasteiger partial charge in [-0.1, -0.05) is 57.8 Å². The molecule has 0 aromatic heterocycles. The summed E-state index contributed by atoms with van der Waals surface area (Å²) >= 11 is 0. The quantitative estimate of drug-likeness (QED) is 0.659. The molecule has 2 heteroatoms. The maximum absolute atomic E-state index is 10.4. The fraction of sp³-hybridized carbons (Fsp3) is 0.933. The first-order valence-electron chi connectivity index (χ1n) is 7.52. The largest absolute Gasteiger partial charge is 0.465 e. The van der Waals surface area contributed by atoms with Crippen LogP contribution in [0.2, 0.25) is 0 Å². The second-order valence-electron chi connectivity index (χ2n) is 5.32. The molecule has 0 atom stereocenters. The Morgan fingerprint density at radius 3 is 1.35 bits per heavy atom. The Hall–Kier alpha value is -0.530. The van der Waals surface area contributed by atoms with Crippen LogP contribution in [0.25, 0.3) is 0 Å². The van der Waals surface area contributed by atoms with Gasteiger partial charge in [0.1, 0.15) is 6.10 Å². The minimum absolute atomic E-state index is 0.190. The van der Waals surface area contributed by atoms with Crippen molar-refractivity contribution in [2.45, 2.75) is 89.6 Å². The van der Waals surface area contributed by atoms with Gasteiger partial charge in [0.2, 0.25) is 0 Å². The van der Waals surface area contributed by atoms with E-state index >= 15 is 0 Å². The number of hydrogen-bond acceptors (Lipinski definition) is 2. The van der Waals surface area contributed by atoms with E-state index in [2.05, 4.69) is 0 Å². The molecule has 0 spiro atoms. The van der Waals surface area contributed by atoms with Gasteiger partial charge in [0.25, 0.3) is 6.47 Å². The standard InChI is InChI=1S/C15H28O2/c16-14-17-15-12-10-8-6-4-2-1-3-5-7-9-11-13-15/h14-15H,1-13H2. The number of carbonyl (C=O) groups excluding carboxylic acids is 1. The average Bonchev–Trinajstić information content (AvgIpc) is 2.34. The summed E-state index contributed by atoms with van der Waals surface area (Å²) in [5.41, 5.74) is 0. The Bertz CT molecular complexity index is 166. The minimum atomic E-state index is 0.190. The van der Waals surface area contributed by atoms with E-state index in [4.69, 9.17) is 4.74 Å². The molecule has 0 aromatic carbocycles. The van der Waals surface area contributed by atoms with E-state index in [0.29, 0.717) is 6.47 Å². The number of rotatable bonds is 2. The molecule has 17 heavy (non-hydrogen) atoms. The molecule has 2 nitrogen and oxygen atoms in total. The van der Waals surface area contributed by atoms with Crippen molar-refractivity contribution in [1.82, 2.24) is 0 Å². The molecule has 1 fully saturated rings. The summed E-state index contributed by atoms with van der Waals surface area (Å²) in [6.45, 7) is 0.633. The zero-order chi connectivity index (χ0) is 12.2. The molecule has 0 N–H and O–H groups in total. The lowest BCUT2D eigenvalue weighted by atomic mass is 10.00. The third kappa shape index (κ3) is 8.23. The first kappa shape index (κ1) is 14.5. The van der Waals surface area contributed by atoms with Crippen LogP contribution in [0.1, 0.15) is 83.5 Å².